The second-order valence-electron chi connectivity index (χ2n) is 8.28. The van der Waals surface area contributed by atoms with E-state index in [-0.39, 0.29) is 5.82 Å². The van der Waals surface area contributed by atoms with Gasteiger partial charge >= 0.3 is 0 Å². The van der Waals surface area contributed by atoms with E-state index in [1.807, 2.05) is 12.1 Å². The first kappa shape index (κ1) is 17.9. The summed E-state index contributed by atoms with van der Waals surface area (Å²) in [7, 11) is 0. The lowest BCUT2D eigenvalue weighted by Crippen LogP contribution is -2.46. The van der Waals surface area contributed by atoms with Gasteiger partial charge in [-0.1, -0.05) is 18.2 Å². The zero-order valence-corrected chi connectivity index (χ0v) is 16.3. The van der Waals surface area contributed by atoms with Gasteiger partial charge in [-0.3, -0.25) is 4.90 Å². The molecule has 0 bridgehead atoms. The SMILES string of the molecule is Fc1ccc(CCN2CCNC(c3ccc4[nH]c5c(c4c3)CCCC5)C2)cc1. The Morgan fingerprint density at radius 2 is 1.89 bits per heavy atom. The number of aryl methyl sites for hydroxylation is 2. The monoisotopic (exact) mass is 377 g/mol. The molecular weight excluding hydrogens is 349 g/mol. The number of aromatic nitrogens is 1. The molecule has 1 aliphatic heterocycles. The summed E-state index contributed by atoms with van der Waals surface area (Å²) in [5.74, 6) is -0.159. The van der Waals surface area contributed by atoms with Gasteiger partial charge in [-0.05, 0) is 73.1 Å². The first-order chi connectivity index (χ1) is 13.8. The van der Waals surface area contributed by atoms with E-state index in [4.69, 9.17) is 0 Å². The van der Waals surface area contributed by atoms with E-state index in [1.165, 1.54) is 53.4 Å². The summed E-state index contributed by atoms with van der Waals surface area (Å²) >= 11 is 0. The highest BCUT2D eigenvalue weighted by Gasteiger charge is 2.22. The molecule has 1 atom stereocenters. The van der Waals surface area contributed by atoms with Crippen molar-refractivity contribution < 1.29 is 4.39 Å². The molecule has 5 rings (SSSR count). The summed E-state index contributed by atoms with van der Waals surface area (Å²) in [6.45, 7) is 4.13. The average molecular weight is 378 g/mol. The summed E-state index contributed by atoms with van der Waals surface area (Å²) < 4.78 is 13.1. The fourth-order valence-corrected chi connectivity index (χ4v) is 4.82. The van der Waals surface area contributed by atoms with E-state index in [2.05, 4.69) is 33.4 Å². The minimum atomic E-state index is -0.159. The van der Waals surface area contributed by atoms with Crippen LogP contribution in [0.5, 0.6) is 0 Å². The summed E-state index contributed by atoms with van der Waals surface area (Å²) in [6, 6.07) is 14.3. The fraction of sp³-hybridized carbons (Fsp3) is 0.417. The Balaban J connectivity index is 1.29. The topological polar surface area (TPSA) is 31.1 Å². The quantitative estimate of drug-likeness (QED) is 0.707. The number of fused-ring (bicyclic) bond motifs is 3. The molecule has 4 heteroatoms. The minimum absolute atomic E-state index is 0.159. The Kier molecular flexibility index (Phi) is 4.91. The van der Waals surface area contributed by atoms with Crippen LogP contribution in [-0.4, -0.2) is 36.1 Å². The molecule has 0 radical (unpaired) electrons. The van der Waals surface area contributed by atoms with Crippen LogP contribution in [0.1, 0.15) is 41.3 Å². The van der Waals surface area contributed by atoms with Crippen molar-refractivity contribution in [3.8, 4) is 0 Å². The zero-order valence-electron chi connectivity index (χ0n) is 16.3. The smallest absolute Gasteiger partial charge is 0.123 e. The maximum absolute atomic E-state index is 13.1. The molecule has 1 aromatic heterocycles. The van der Waals surface area contributed by atoms with E-state index in [1.54, 1.807) is 17.7 Å². The standard InChI is InChI=1S/C24H28FN3/c25-19-8-5-17(6-9-19)11-13-28-14-12-26-24(16-28)18-7-10-23-21(15-18)20-3-1-2-4-22(20)27-23/h5-10,15,24,26-27H,1-4,11-14,16H2. The molecule has 1 aliphatic carbocycles. The Labute approximate surface area is 165 Å². The Morgan fingerprint density at radius 1 is 1.04 bits per heavy atom. The number of hydrogen-bond donors (Lipinski definition) is 2. The van der Waals surface area contributed by atoms with Gasteiger partial charge in [-0.15, -0.1) is 0 Å². The number of nitrogens with zero attached hydrogens (tertiary/aromatic N) is 1. The summed E-state index contributed by atoms with van der Waals surface area (Å²) in [5.41, 5.74) is 6.89. The molecule has 0 amide bonds. The molecule has 2 aliphatic rings. The van der Waals surface area contributed by atoms with Crippen molar-refractivity contribution in [2.24, 2.45) is 0 Å². The number of benzene rings is 2. The van der Waals surface area contributed by atoms with E-state index in [9.17, 15) is 4.39 Å². The van der Waals surface area contributed by atoms with Crippen LogP contribution in [0, 0.1) is 5.82 Å². The lowest BCUT2D eigenvalue weighted by atomic mass is 9.94. The molecule has 28 heavy (non-hydrogen) atoms. The molecule has 1 saturated heterocycles. The van der Waals surface area contributed by atoms with Crippen molar-refractivity contribution in [1.29, 1.82) is 0 Å². The minimum Gasteiger partial charge on any atom is -0.358 e. The number of hydrogen-bond acceptors (Lipinski definition) is 2. The number of aromatic amines is 1. The van der Waals surface area contributed by atoms with Crippen LogP contribution in [-0.2, 0) is 19.3 Å². The Bertz CT molecular complexity index is 960. The van der Waals surface area contributed by atoms with Crippen LogP contribution in [0.15, 0.2) is 42.5 Å². The zero-order chi connectivity index (χ0) is 18.9. The van der Waals surface area contributed by atoms with E-state index in [0.29, 0.717) is 6.04 Å². The van der Waals surface area contributed by atoms with Crippen LogP contribution < -0.4 is 5.32 Å². The van der Waals surface area contributed by atoms with Crippen LogP contribution in [0.3, 0.4) is 0 Å². The molecule has 1 fully saturated rings. The molecule has 0 spiro atoms. The largest absolute Gasteiger partial charge is 0.358 e. The number of piperazine rings is 1. The van der Waals surface area contributed by atoms with Crippen molar-refractivity contribution in [3.63, 3.8) is 0 Å². The highest BCUT2D eigenvalue weighted by Crippen LogP contribution is 2.31. The number of rotatable bonds is 4. The maximum atomic E-state index is 13.1. The lowest BCUT2D eigenvalue weighted by molar-refractivity contribution is 0.203. The third-order valence-corrected chi connectivity index (χ3v) is 6.41. The van der Waals surface area contributed by atoms with Gasteiger partial charge in [0, 0.05) is 48.8 Å². The Hall–Kier alpha value is -2.17. The van der Waals surface area contributed by atoms with Gasteiger partial charge in [0.1, 0.15) is 5.82 Å². The molecule has 2 heterocycles. The number of nitrogens with one attached hydrogen (secondary N) is 2. The van der Waals surface area contributed by atoms with Crippen LogP contribution in [0.2, 0.25) is 0 Å². The first-order valence-electron chi connectivity index (χ1n) is 10.6. The molecule has 1 unspecified atom stereocenters. The van der Waals surface area contributed by atoms with Gasteiger partial charge < -0.3 is 10.3 Å². The van der Waals surface area contributed by atoms with Gasteiger partial charge in [-0.2, -0.15) is 0 Å². The second kappa shape index (κ2) is 7.69. The third-order valence-electron chi connectivity index (χ3n) is 6.41. The predicted molar refractivity (Wildman–Crippen MR) is 112 cm³/mol. The summed E-state index contributed by atoms with van der Waals surface area (Å²) in [6.07, 6.45) is 5.99. The van der Waals surface area contributed by atoms with Gasteiger partial charge in [0.25, 0.3) is 0 Å². The lowest BCUT2D eigenvalue weighted by Gasteiger charge is -2.34. The number of halogens is 1. The van der Waals surface area contributed by atoms with Crippen LogP contribution in [0.4, 0.5) is 4.39 Å². The molecule has 2 aromatic carbocycles. The van der Waals surface area contributed by atoms with Gasteiger partial charge in [0.2, 0.25) is 0 Å². The Morgan fingerprint density at radius 3 is 2.79 bits per heavy atom. The molecule has 0 saturated carbocycles. The van der Waals surface area contributed by atoms with E-state index in [0.717, 1.165) is 32.6 Å². The number of H-pyrrole nitrogens is 1. The van der Waals surface area contributed by atoms with Gasteiger partial charge in [0.15, 0.2) is 0 Å². The first-order valence-corrected chi connectivity index (χ1v) is 10.6. The molecule has 3 nitrogen and oxygen atoms in total. The van der Waals surface area contributed by atoms with Crippen molar-refractivity contribution in [1.82, 2.24) is 15.2 Å². The van der Waals surface area contributed by atoms with Gasteiger partial charge in [0.05, 0.1) is 0 Å². The van der Waals surface area contributed by atoms with E-state index >= 15 is 0 Å². The van der Waals surface area contributed by atoms with E-state index < -0.39 is 0 Å². The third kappa shape index (κ3) is 3.59. The molecule has 2 N–H and O–H groups in total. The summed E-state index contributed by atoms with van der Waals surface area (Å²) in [5, 5.41) is 5.13. The van der Waals surface area contributed by atoms with Crippen molar-refractivity contribution in [2.45, 2.75) is 38.1 Å². The average Bonchev–Trinajstić information content (AvgIpc) is 3.11. The van der Waals surface area contributed by atoms with Crippen molar-refractivity contribution in [3.05, 3.63) is 70.7 Å². The molecule has 3 aromatic rings. The maximum Gasteiger partial charge on any atom is 0.123 e. The van der Waals surface area contributed by atoms with Crippen LogP contribution >= 0.6 is 0 Å². The van der Waals surface area contributed by atoms with Crippen LogP contribution in [0.25, 0.3) is 10.9 Å². The second-order valence-corrected chi connectivity index (χ2v) is 8.28. The van der Waals surface area contributed by atoms with Crippen molar-refractivity contribution >= 4 is 10.9 Å². The predicted octanol–water partition coefficient (Wildman–Crippen LogP) is 4.37. The highest BCUT2D eigenvalue weighted by molar-refractivity contribution is 5.85. The normalized spacial score (nSPS) is 20.4. The summed E-state index contributed by atoms with van der Waals surface area (Å²) in [4.78, 5) is 6.17. The highest BCUT2D eigenvalue weighted by atomic mass is 19.1. The fourth-order valence-electron chi connectivity index (χ4n) is 4.82. The van der Waals surface area contributed by atoms with Gasteiger partial charge in [-0.25, -0.2) is 4.39 Å². The molecule has 146 valence electrons. The van der Waals surface area contributed by atoms with Crippen molar-refractivity contribution in [2.75, 3.05) is 26.2 Å². The molecular formula is C24H28FN3.